The molecule has 0 fully saturated rings. The lowest BCUT2D eigenvalue weighted by atomic mass is 10.0. The van der Waals surface area contributed by atoms with E-state index < -0.39 is 5.97 Å². The lowest BCUT2D eigenvalue weighted by Gasteiger charge is -2.08. The normalized spacial score (nSPS) is 10.9. The molecule has 0 amide bonds. The molecule has 0 aliphatic heterocycles. The molecule has 0 saturated carbocycles. The minimum atomic E-state index is -0.859. The van der Waals surface area contributed by atoms with Crippen LogP contribution >= 0.6 is 0 Å². The zero-order valence-electron chi connectivity index (χ0n) is 22.8. The Labute approximate surface area is 218 Å². The Bertz CT molecular complexity index is 524. The number of carboxylic acids is 1. The Morgan fingerprint density at radius 2 is 0.806 bits per heavy atom. The Morgan fingerprint density at radius 1 is 0.472 bits per heavy atom. The van der Waals surface area contributed by atoms with E-state index in [0.717, 1.165) is 12.8 Å². The van der Waals surface area contributed by atoms with Crippen LogP contribution in [0, 0.1) is 0 Å². The van der Waals surface area contributed by atoms with Crippen molar-refractivity contribution in [1.82, 2.24) is 0 Å². The monoisotopic (exact) mass is 516 g/mol. The molecule has 0 aromatic heterocycles. The summed E-state index contributed by atoms with van der Waals surface area (Å²) in [5.74, 6) is -1.37. The summed E-state index contributed by atoms with van der Waals surface area (Å²) >= 11 is 0. The topological polar surface area (TPSA) is 108 Å². The molecule has 0 unspecified atom stereocenters. The highest BCUT2D eigenvalue weighted by atomic mass is 16.6. The Hall–Kier alpha value is -1.67. The second kappa shape index (κ2) is 27.9. The summed E-state index contributed by atoms with van der Waals surface area (Å²) in [6.07, 6.45) is 18.4. The van der Waals surface area contributed by atoms with Gasteiger partial charge in [0.2, 0.25) is 0 Å². The van der Waals surface area contributed by atoms with Crippen LogP contribution in [-0.4, -0.2) is 62.7 Å². The molecule has 0 heterocycles. The van der Waals surface area contributed by atoms with Gasteiger partial charge in [0, 0.05) is 19.3 Å². The molecule has 1 N–H and O–H groups in total. The van der Waals surface area contributed by atoms with E-state index in [4.69, 9.17) is 24.1 Å². The zero-order valence-corrected chi connectivity index (χ0v) is 22.8. The van der Waals surface area contributed by atoms with Crippen LogP contribution in [0.1, 0.15) is 122 Å². The molecule has 0 aliphatic rings. The lowest BCUT2D eigenvalue weighted by Crippen LogP contribution is -2.15. The summed E-state index contributed by atoms with van der Waals surface area (Å²) in [5.41, 5.74) is 0. The first-order chi connectivity index (χ1) is 17.6. The number of aliphatic carboxylic acids is 1. The van der Waals surface area contributed by atoms with Crippen LogP contribution in [0.5, 0.6) is 0 Å². The Balaban J connectivity index is 3.24. The van der Waals surface area contributed by atoms with Gasteiger partial charge in [-0.25, -0.2) is 0 Å². The highest BCUT2D eigenvalue weighted by molar-refractivity contribution is 5.70. The number of hydrogen-bond acceptors (Lipinski definition) is 7. The number of ether oxygens (including phenoxy) is 4. The van der Waals surface area contributed by atoms with E-state index in [1.807, 2.05) is 0 Å². The number of carboxylic acid groups (broad SMARTS) is 1. The second-order valence-corrected chi connectivity index (χ2v) is 9.26. The van der Waals surface area contributed by atoms with Gasteiger partial charge in [0.05, 0.1) is 26.4 Å². The molecule has 0 aliphatic carbocycles. The van der Waals surface area contributed by atoms with Crippen molar-refractivity contribution in [2.24, 2.45) is 0 Å². The average Bonchev–Trinajstić information content (AvgIpc) is 2.85. The predicted octanol–water partition coefficient (Wildman–Crippen LogP) is 6.23. The lowest BCUT2D eigenvalue weighted by molar-refractivity contribution is -0.147. The highest BCUT2D eigenvalue weighted by Crippen LogP contribution is 2.13. The molecule has 0 aromatic rings. The molecule has 0 radical (unpaired) electrons. The number of hydrogen-bond donors (Lipinski definition) is 1. The quantitative estimate of drug-likeness (QED) is 0.0962. The van der Waals surface area contributed by atoms with E-state index in [1.165, 1.54) is 70.6 Å². The predicted molar refractivity (Wildman–Crippen MR) is 140 cm³/mol. The first-order valence-electron chi connectivity index (χ1n) is 14.2. The second-order valence-electron chi connectivity index (χ2n) is 9.26. The molecule has 212 valence electrons. The summed E-state index contributed by atoms with van der Waals surface area (Å²) in [5, 5.41) is 8.53. The van der Waals surface area contributed by atoms with Gasteiger partial charge in [0.1, 0.15) is 13.2 Å². The summed E-state index contributed by atoms with van der Waals surface area (Å²) < 4.78 is 20.8. The fraction of sp³-hybridized carbons (Fsp3) is 0.893. The Kier molecular flexibility index (Phi) is 26.6. The van der Waals surface area contributed by atoms with Crippen LogP contribution in [0.4, 0.5) is 0 Å². The van der Waals surface area contributed by atoms with E-state index in [0.29, 0.717) is 39.1 Å². The third-order valence-corrected chi connectivity index (χ3v) is 5.86. The third-order valence-electron chi connectivity index (χ3n) is 5.86. The number of unbranched alkanes of at least 4 members (excludes halogenated alkanes) is 13. The largest absolute Gasteiger partial charge is 0.481 e. The first-order valence-corrected chi connectivity index (χ1v) is 14.2. The van der Waals surface area contributed by atoms with E-state index in [9.17, 15) is 14.4 Å². The van der Waals surface area contributed by atoms with Crippen LogP contribution in [0.2, 0.25) is 0 Å². The number of esters is 2. The number of carbonyl (C=O) groups is 3. The van der Waals surface area contributed by atoms with Gasteiger partial charge in [0.25, 0.3) is 0 Å². The van der Waals surface area contributed by atoms with Gasteiger partial charge >= 0.3 is 17.9 Å². The third kappa shape index (κ3) is 28.6. The van der Waals surface area contributed by atoms with Crippen LogP contribution in [0.15, 0.2) is 0 Å². The maximum Gasteiger partial charge on any atom is 0.305 e. The molecule has 0 saturated heterocycles. The molecular weight excluding hydrogens is 464 g/mol. The number of rotatable bonds is 28. The van der Waals surface area contributed by atoms with Gasteiger partial charge in [-0.05, 0) is 19.3 Å². The van der Waals surface area contributed by atoms with Crippen LogP contribution < -0.4 is 0 Å². The fourth-order valence-corrected chi connectivity index (χ4v) is 3.73. The maximum absolute atomic E-state index is 11.7. The van der Waals surface area contributed by atoms with Gasteiger partial charge < -0.3 is 24.1 Å². The standard InChI is InChI=1S/C28H52O8/c1-2-3-4-5-6-7-8-9-10-11-12-13-14-18-27(31)35-24-22-33-20-21-34-23-25-36-28(32)19-16-15-17-26(29)30/h2-25H2,1H3,(H,29,30). The maximum atomic E-state index is 11.7. The van der Waals surface area contributed by atoms with Crippen molar-refractivity contribution in [3.8, 4) is 0 Å². The SMILES string of the molecule is CCCCCCCCCCCCCCCC(=O)OCCOCCOCCOC(=O)CCCCC(=O)O. The molecule has 8 nitrogen and oxygen atoms in total. The highest BCUT2D eigenvalue weighted by Gasteiger charge is 2.05. The molecule has 0 atom stereocenters. The average molecular weight is 517 g/mol. The van der Waals surface area contributed by atoms with Crippen molar-refractivity contribution < 1.29 is 38.4 Å². The van der Waals surface area contributed by atoms with Crippen molar-refractivity contribution in [3.63, 3.8) is 0 Å². The van der Waals surface area contributed by atoms with E-state index in [-0.39, 0.29) is 44.6 Å². The van der Waals surface area contributed by atoms with Crippen molar-refractivity contribution in [2.45, 2.75) is 122 Å². The van der Waals surface area contributed by atoms with Gasteiger partial charge in [-0.2, -0.15) is 0 Å². The molecule has 0 aromatic carbocycles. The minimum Gasteiger partial charge on any atom is -0.481 e. The molecule has 0 spiro atoms. The van der Waals surface area contributed by atoms with Gasteiger partial charge in [0.15, 0.2) is 0 Å². The van der Waals surface area contributed by atoms with Gasteiger partial charge in [-0.1, -0.05) is 84.0 Å². The summed E-state index contributed by atoms with van der Waals surface area (Å²) in [4.78, 5) is 33.6. The summed E-state index contributed by atoms with van der Waals surface area (Å²) in [6.45, 7) is 4.01. The molecule has 8 heteroatoms. The van der Waals surface area contributed by atoms with E-state index in [2.05, 4.69) is 6.92 Å². The van der Waals surface area contributed by atoms with Crippen LogP contribution in [0.25, 0.3) is 0 Å². The van der Waals surface area contributed by atoms with Crippen molar-refractivity contribution in [3.05, 3.63) is 0 Å². The number of carbonyl (C=O) groups excluding carboxylic acids is 2. The van der Waals surface area contributed by atoms with Crippen LogP contribution in [0.3, 0.4) is 0 Å². The molecule has 36 heavy (non-hydrogen) atoms. The zero-order chi connectivity index (χ0) is 26.5. The van der Waals surface area contributed by atoms with E-state index in [1.54, 1.807) is 0 Å². The van der Waals surface area contributed by atoms with Gasteiger partial charge in [-0.3, -0.25) is 14.4 Å². The molecule has 0 rings (SSSR count). The molecule has 0 bridgehead atoms. The van der Waals surface area contributed by atoms with Crippen molar-refractivity contribution >= 4 is 17.9 Å². The Morgan fingerprint density at radius 3 is 1.22 bits per heavy atom. The van der Waals surface area contributed by atoms with Crippen LogP contribution in [-0.2, 0) is 33.3 Å². The smallest absolute Gasteiger partial charge is 0.305 e. The first kappa shape index (κ1) is 34.3. The van der Waals surface area contributed by atoms with Crippen molar-refractivity contribution in [1.29, 1.82) is 0 Å². The fourth-order valence-electron chi connectivity index (χ4n) is 3.73. The van der Waals surface area contributed by atoms with Gasteiger partial charge in [-0.15, -0.1) is 0 Å². The summed E-state index contributed by atoms with van der Waals surface area (Å²) in [7, 11) is 0. The summed E-state index contributed by atoms with van der Waals surface area (Å²) in [6, 6.07) is 0. The minimum absolute atomic E-state index is 0.0646. The van der Waals surface area contributed by atoms with E-state index >= 15 is 0 Å². The van der Waals surface area contributed by atoms with Crippen molar-refractivity contribution in [2.75, 3.05) is 39.6 Å². The molecular formula is C28H52O8.